The van der Waals surface area contributed by atoms with E-state index in [2.05, 4.69) is 10.4 Å². The first-order valence-electron chi connectivity index (χ1n) is 6.90. The molecule has 21 heavy (non-hydrogen) atoms. The number of carbonyl (C=O) groups excluding carboxylic acids is 1. The minimum atomic E-state index is -0.0541. The Labute approximate surface area is 122 Å². The molecule has 0 aliphatic carbocycles. The molecule has 0 bridgehead atoms. The summed E-state index contributed by atoms with van der Waals surface area (Å²) in [5.41, 5.74) is 1.75. The van der Waals surface area contributed by atoms with Gasteiger partial charge in [-0.25, -0.2) is 0 Å². The second-order valence-electron chi connectivity index (χ2n) is 4.85. The number of anilines is 1. The number of amides is 1. The Hall–Kier alpha value is -2.50. The van der Waals surface area contributed by atoms with Gasteiger partial charge in [0.15, 0.2) is 11.5 Å². The van der Waals surface area contributed by atoms with Crippen LogP contribution in [0.15, 0.2) is 30.5 Å². The molecule has 0 saturated carbocycles. The third-order valence-electron chi connectivity index (χ3n) is 3.31. The van der Waals surface area contributed by atoms with Crippen LogP contribution in [0.5, 0.6) is 11.5 Å². The highest BCUT2D eigenvalue weighted by Crippen LogP contribution is 2.32. The van der Waals surface area contributed by atoms with Gasteiger partial charge >= 0.3 is 0 Å². The van der Waals surface area contributed by atoms with Gasteiger partial charge in [0.1, 0.15) is 13.2 Å². The van der Waals surface area contributed by atoms with Crippen LogP contribution in [-0.2, 0) is 11.3 Å². The minimum Gasteiger partial charge on any atom is -0.486 e. The van der Waals surface area contributed by atoms with Crippen molar-refractivity contribution in [3.8, 4) is 11.5 Å². The fourth-order valence-electron chi connectivity index (χ4n) is 2.18. The van der Waals surface area contributed by atoms with Crippen molar-refractivity contribution in [1.82, 2.24) is 9.78 Å². The van der Waals surface area contributed by atoms with E-state index in [1.165, 1.54) is 0 Å². The number of rotatable bonds is 4. The first-order valence-corrected chi connectivity index (χ1v) is 6.90. The summed E-state index contributed by atoms with van der Waals surface area (Å²) >= 11 is 0. The average Bonchev–Trinajstić information content (AvgIpc) is 2.90. The molecule has 6 heteroatoms. The number of aromatic nitrogens is 2. The van der Waals surface area contributed by atoms with E-state index in [0.717, 1.165) is 5.69 Å². The molecule has 3 rings (SSSR count). The topological polar surface area (TPSA) is 65.4 Å². The maximum absolute atomic E-state index is 12.0. The second-order valence-corrected chi connectivity index (χ2v) is 4.85. The van der Waals surface area contributed by atoms with Gasteiger partial charge in [0, 0.05) is 36.6 Å². The third kappa shape index (κ3) is 3.16. The first-order chi connectivity index (χ1) is 10.2. The van der Waals surface area contributed by atoms with E-state index in [1.807, 2.05) is 29.8 Å². The SMILES string of the molecule is Cc1ccnn1CCC(=O)Nc1ccc2c(c1)OCCO2. The summed E-state index contributed by atoms with van der Waals surface area (Å²) in [6, 6.07) is 7.32. The Morgan fingerprint density at radius 3 is 2.86 bits per heavy atom. The van der Waals surface area contributed by atoms with Gasteiger partial charge in [0.2, 0.25) is 5.91 Å². The molecule has 0 radical (unpaired) electrons. The molecule has 0 fully saturated rings. The van der Waals surface area contributed by atoms with Crippen molar-refractivity contribution >= 4 is 11.6 Å². The van der Waals surface area contributed by atoms with Crippen molar-refractivity contribution < 1.29 is 14.3 Å². The molecule has 0 saturated heterocycles. The van der Waals surface area contributed by atoms with Crippen LogP contribution in [0.25, 0.3) is 0 Å². The van der Waals surface area contributed by atoms with E-state index in [9.17, 15) is 4.79 Å². The molecule has 6 nitrogen and oxygen atoms in total. The van der Waals surface area contributed by atoms with Crippen LogP contribution in [0.2, 0.25) is 0 Å². The number of nitrogens with one attached hydrogen (secondary N) is 1. The maximum atomic E-state index is 12.0. The predicted octanol–water partition coefficient (Wildman–Crippen LogP) is 1.99. The number of benzene rings is 1. The van der Waals surface area contributed by atoms with Crippen molar-refractivity contribution in [2.24, 2.45) is 0 Å². The smallest absolute Gasteiger partial charge is 0.226 e. The predicted molar refractivity (Wildman–Crippen MR) is 77.6 cm³/mol. The molecule has 1 amide bonds. The quantitative estimate of drug-likeness (QED) is 0.934. The zero-order valence-corrected chi connectivity index (χ0v) is 11.8. The van der Waals surface area contributed by atoms with Crippen molar-refractivity contribution in [3.05, 3.63) is 36.2 Å². The number of fused-ring (bicyclic) bond motifs is 1. The highest BCUT2D eigenvalue weighted by molar-refractivity contribution is 5.91. The molecule has 0 unspecified atom stereocenters. The second kappa shape index (κ2) is 5.87. The lowest BCUT2D eigenvalue weighted by Crippen LogP contribution is -2.17. The molecule has 1 aromatic carbocycles. The number of hydrogen-bond acceptors (Lipinski definition) is 4. The largest absolute Gasteiger partial charge is 0.486 e. The summed E-state index contributed by atoms with van der Waals surface area (Å²) < 4.78 is 12.7. The summed E-state index contributed by atoms with van der Waals surface area (Å²) in [4.78, 5) is 12.0. The molecule has 1 aliphatic heterocycles. The van der Waals surface area contributed by atoms with E-state index in [0.29, 0.717) is 43.4 Å². The molecular weight excluding hydrogens is 270 g/mol. The first kappa shape index (κ1) is 13.5. The van der Waals surface area contributed by atoms with Crippen molar-refractivity contribution in [3.63, 3.8) is 0 Å². The van der Waals surface area contributed by atoms with Gasteiger partial charge in [0.05, 0.1) is 0 Å². The van der Waals surface area contributed by atoms with Gasteiger partial charge in [-0.15, -0.1) is 0 Å². The number of ether oxygens (including phenoxy) is 2. The molecule has 1 aromatic heterocycles. The number of hydrogen-bond donors (Lipinski definition) is 1. The van der Waals surface area contributed by atoms with E-state index in [4.69, 9.17) is 9.47 Å². The Morgan fingerprint density at radius 1 is 1.29 bits per heavy atom. The van der Waals surface area contributed by atoms with Gasteiger partial charge in [-0.3, -0.25) is 9.48 Å². The number of aryl methyl sites for hydroxylation is 2. The monoisotopic (exact) mass is 287 g/mol. The molecule has 0 spiro atoms. The van der Waals surface area contributed by atoms with Gasteiger partial charge < -0.3 is 14.8 Å². The van der Waals surface area contributed by atoms with E-state index in [1.54, 1.807) is 12.3 Å². The molecule has 1 N–H and O–H groups in total. The zero-order chi connectivity index (χ0) is 14.7. The van der Waals surface area contributed by atoms with Gasteiger partial charge in [-0.1, -0.05) is 0 Å². The van der Waals surface area contributed by atoms with Gasteiger partial charge in [-0.2, -0.15) is 5.10 Å². The Bertz CT molecular complexity index is 651. The van der Waals surface area contributed by atoms with Crippen LogP contribution >= 0.6 is 0 Å². The molecular formula is C15H17N3O3. The summed E-state index contributed by atoms with van der Waals surface area (Å²) in [5.74, 6) is 1.33. The lowest BCUT2D eigenvalue weighted by Gasteiger charge is -2.19. The average molecular weight is 287 g/mol. The van der Waals surface area contributed by atoms with Crippen molar-refractivity contribution in [2.45, 2.75) is 19.9 Å². The number of nitrogens with zero attached hydrogens (tertiary/aromatic N) is 2. The summed E-state index contributed by atoms with van der Waals surface area (Å²) in [6.07, 6.45) is 2.10. The lowest BCUT2D eigenvalue weighted by atomic mass is 10.2. The van der Waals surface area contributed by atoms with Crippen molar-refractivity contribution in [1.29, 1.82) is 0 Å². The van der Waals surface area contributed by atoms with E-state index in [-0.39, 0.29) is 5.91 Å². The van der Waals surface area contributed by atoms with Crippen molar-refractivity contribution in [2.75, 3.05) is 18.5 Å². The highest BCUT2D eigenvalue weighted by Gasteiger charge is 2.12. The Balaban J connectivity index is 1.58. The van der Waals surface area contributed by atoms with Crippen LogP contribution in [0.3, 0.4) is 0 Å². The Kier molecular flexibility index (Phi) is 3.77. The van der Waals surface area contributed by atoms with Crippen LogP contribution in [0, 0.1) is 6.92 Å². The molecule has 2 heterocycles. The van der Waals surface area contributed by atoms with Crippen LogP contribution in [0.4, 0.5) is 5.69 Å². The Morgan fingerprint density at radius 2 is 2.10 bits per heavy atom. The zero-order valence-electron chi connectivity index (χ0n) is 11.8. The summed E-state index contributed by atoms with van der Waals surface area (Å²) in [6.45, 7) is 3.62. The van der Waals surface area contributed by atoms with E-state index < -0.39 is 0 Å². The van der Waals surface area contributed by atoms with Crippen LogP contribution < -0.4 is 14.8 Å². The van der Waals surface area contributed by atoms with Crippen LogP contribution in [-0.4, -0.2) is 28.9 Å². The molecule has 2 aromatic rings. The lowest BCUT2D eigenvalue weighted by molar-refractivity contribution is -0.116. The molecule has 110 valence electrons. The normalized spacial score (nSPS) is 13.0. The van der Waals surface area contributed by atoms with Gasteiger partial charge in [-0.05, 0) is 25.1 Å². The molecule has 0 atom stereocenters. The van der Waals surface area contributed by atoms with Gasteiger partial charge in [0.25, 0.3) is 0 Å². The highest BCUT2D eigenvalue weighted by atomic mass is 16.6. The minimum absolute atomic E-state index is 0.0541. The third-order valence-corrected chi connectivity index (χ3v) is 3.31. The maximum Gasteiger partial charge on any atom is 0.226 e. The number of carbonyl (C=O) groups is 1. The fourth-order valence-corrected chi connectivity index (χ4v) is 2.18. The van der Waals surface area contributed by atoms with Crippen LogP contribution in [0.1, 0.15) is 12.1 Å². The fraction of sp³-hybridized carbons (Fsp3) is 0.333. The standard InChI is InChI=1S/C15H17N3O3/c1-11-4-6-16-18(11)7-5-15(19)17-12-2-3-13-14(10-12)21-9-8-20-13/h2-4,6,10H,5,7-9H2,1H3,(H,17,19). The summed E-state index contributed by atoms with van der Waals surface area (Å²) in [7, 11) is 0. The van der Waals surface area contributed by atoms with E-state index >= 15 is 0 Å². The molecule has 1 aliphatic rings. The summed E-state index contributed by atoms with van der Waals surface area (Å²) in [5, 5.41) is 7.01.